The van der Waals surface area contributed by atoms with Gasteiger partial charge in [-0.3, -0.25) is 9.69 Å². The number of carboxylic acid groups (broad SMARTS) is 1. The topological polar surface area (TPSA) is 74.0 Å². The fourth-order valence-electron chi connectivity index (χ4n) is 3.41. The quantitative estimate of drug-likeness (QED) is 0.821. The van der Waals surface area contributed by atoms with Crippen molar-refractivity contribution in [2.24, 2.45) is 0 Å². The number of carbonyl (C=O) groups excluding carboxylic acids is 1. The molecule has 6 nitrogen and oxygen atoms in total. The van der Waals surface area contributed by atoms with Gasteiger partial charge in [0.05, 0.1) is 12.8 Å². The van der Waals surface area contributed by atoms with E-state index in [1.165, 1.54) is 0 Å². The van der Waals surface area contributed by atoms with Crippen molar-refractivity contribution < 1.29 is 32.3 Å². The number of aliphatic carboxylic acids is 1. The minimum Gasteiger partial charge on any atom is -0.475 e. The standard InChI is InChI=1S/C15H20N2O2.C2HF3O2/c1-2-8-17-14-7-9-16(11-12-4-3-10-19-12)13(14)5-6-15(17)18;3-2(4,5)1(6)7/h2-4,10,13-14H,1,5-9,11H2;(H,6,7)/t13-,14-;/m1./s1. The van der Waals surface area contributed by atoms with Crippen molar-refractivity contribution in [2.45, 2.75) is 44.1 Å². The van der Waals surface area contributed by atoms with Gasteiger partial charge in [0.15, 0.2) is 0 Å². The molecule has 1 aromatic rings. The molecule has 3 heterocycles. The van der Waals surface area contributed by atoms with Crippen LogP contribution in [0.25, 0.3) is 0 Å². The molecule has 2 aliphatic rings. The van der Waals surface area contributed by atoms with Crippen molar-refractivity contribution in [3.63, 3.8) is 0 Å². The molecular formula is C17H21F3N2O4. The lowest BCUT2D eigenvalue weighted by molar-refractivity contribution is -0.192. The van der Waals surface area contributed by atoms with E-state index in [0.717, 1.165) is 31.7 Å². The second kappa shape index (κ2) is 8.39. The van der Waals surface area contributed by atoms with Crippen molar-refractivity contribution in [3.8, 4) is 0 Å². The molecule has 9 heteroatoms. The number of carbonyl (C=O) groups is 2. The maximum atomic E-state index is 12.0. The van der Waals surface area contributed by atoms with Crippen molar-refractivity contribution in [1.29, 1.82) is 0 Å². The Morgan fingerprint density at radius 1 is 1.38 bits per heavy atom. The summed E-state index contributed by atoms with van der Waals surface area (Å²) >= 11 is 0. The van der Waals surface area contributed by atoms with E-state index in [1.54, 1.807) is 6.26 Å². The number of piperidine rings is 1. The van der Waals surface area contributed by atoms with E-state index in [1.807, 2.05) is 23.1 Å². The summed E-state index contributed by atoms with van der Waals surface area (Å²) in [4.78, 5) is 25.3. The van der Waals surface area contributed by atoms with Crippen LogP contribution in [0.4, 0.5) is 13.2 Å². The molecule has 0 radical (unpaired) electrons. The normalized spacial score (nSPS) is 23.2. The molecular weight excluding hydrogens is 353 g/mol. The van der Waals surface area contributed by atoms with E-state index in [4.69, 9.17) is 14.3 Å². The van der Waals surface area contributed by atoms with Crippen molar-refractivity contribution in [1.82, 2.24) is 9.80 Å². The van der Waals surface area contributed by atoms with Gasteiger partial charge in [0.2, 0.25) is 5.91 Å². The summed E-state index contributed by atoms with van der Waals surface area (Å²) in [5.41, 5.74) is 0. The van der Waals surface area contributed by atoms with E-state index in [0.29, 0.717) is 25.0 Å². The van der Waals surface area contributed by atoms with E-state index in [2.05, 4.69) is 11.5 Å². The molecule has 144 valence electrons. The van der Waals surface area contributed by atoms with Gasteiger partial charge in [0, 0.05) is 31.6 Å². The van der Waals surface area contributed by atoms with Crippen LogP contribution < -0.4 is 0 Å². The smallest absolute Gasteiger partial charge is 0.475 e. The van der Waals surface area contributed by atoms with Gasteiger partial charge < -0.3 is 14.4 Å². The van der Waals surface area contributed by atoms with Crippen LogP contribution in [0.2, 0.25) is 0 Å². The van der Waals surface area contributed by atoms with Crippen LogP contribution in [0, 0.1) is 0 Å². The SMILES string of the molecule is C=CCN1C(=O)CC[C@@H]2[C@H]1CCN2Cc1ccco1.O=C(O)C(F)(F)F. The first-order valence-corrected chi connectivity index (χ1v) is 8.21. The van der Waals surface area contributed by atoms with Crippen LogP contribution in [0.3, 0.4) is 0 Å². The Kier molecular flexibility index (Phi) is 6.47. The molecule has 0 aliphatic carbocycles. The predicted octanol–water partition coefficient (Wildman–Crippen LogP) is 2.66. The second-order valence-electron chi connectivity index (χ2n) is 6.15. The van der Waals surface area contributed by atoms with Crippen LogP contribution in [0.5, 0.6) is 0 Å². The Balaban J connectivity index is 0.000000298. The lowest BCUT2D eigenvalue weighted by Gasteiger charge is -2.39. The molecule has 0 spiro atoms. The minimum atomic E-state index is -5.08. The van der Waals surface area contributed by atoms with Gasteiger partial charge in [-0.1, -0.05) is 6.08 Å². The molecule has 0 saturated carbocycles. The van der Waals surface area contributed by atoms with Crippen LogP contribution in [-0.4, -0.2) is 58.1 Å². The molecule has 26 heavy (non-hydrogen) atoms. The number of alkyl halides is 3. The van der Waals surface area contributed by atoms with Crippen LogP contribution in [-0.2, 0) is 16.1 Å². The molecule has 2 aliphatic heterocycles. The fraction of sp³-hybridized carbons (Fsp3) is 0.529. The zero-order valence-electron chi connectivity index (χ0n) is 14.1. The summed E-state index contributed by atoms with van der Waals surface area (Å²) < 4.78 is 37.2. The van der Waals surface area contributed by atoms with E-state index in [9.17, 15) is 18.0 Å². The van der Waals surface area contributed by atoms with Gasteiger partial charge in [0.1, 0.15) is 5.76 Å². The number of amides is 1. The van der Waals surface area contributed by atoms with Gasteiger partial charge in [-0.25, -0.2) is 4.79 Å². The highest BCUT2D eigenvalue weighted by Crippen LogP contribution is 2.32. The van der Waals surface area contributed by atoms with E-state index in [-0.39, 0.29) is 5.91 Å². The lowest BCUT2D eigenvalue weighted by Crippen LogP contribution is -2.52. The van der Waals surface area contributed by atoms with Crippen molar-refractivity contribution in [3.05, 3.63) is 36.8 Å². The van der Waals surface area contributed by atoms with E-state index < -0.39 is 12.1 Å². The number of likely N-dealkylation sites (tertiary alicyclic amines) is 2. The Hall–Kier alpha value is -2.29. The molecule has 2 atom stereocenters. The van der Waals surface area contributed by atoms with Gasteiger partial charge >= 0.3 is 12.1 Å². The van der Waals surface area contributed by atoms with Gasteiger partial charge in [-0.05, 0) is 25.0 Å². The Morgan fingerprint density at radius 2 is 2.08 bits per heavy atom. The zero-order valence-corrected chi connectivity index (χ0v) is 14.1. The summed E-state index contributed by atoms with van der Waals surface area (Å²) in [6, 6.07) is 4.78. The molecule has 1 N–H and O–H groups in total. The lowest BCUT2D eigenvalue weighted by atomic mass is 9.96. The highest BCUT2D eigenvalue weighted by atomic mass is 19.4. The molecule has 3 rings (SSSR count). The third-order valence-electron chi connectivity index (χ3n) is 4.51. The zero-order chi connectivity index (χ0) is 19.3. The summed E-state index contributed by atoms with van der Waals surface area (Å²) in [5, 5.41) is 7.12. The number of furan rings is 1. The largest absolute Gasteiger partial charge is 0.490 e. The molecule has 2 fully saturated rings. The summed E-state index contributed by atoms with van der Waals surface area (Å²) in [5.74, 6) is -1.47. The second-order valence-corrected chi connectivity index (χ2v) is 6.15. The van der Waals surface area contributed by atoms with Gasteiger partial charge in [-0.15, -0.1) is 6.58 Å². The maximum absolute atomic E-state index is 12.0. The molecule has 1 aromatic heterocycles. The Labute approximate surface area is 148 Å². The molecule has 2 saturated heterocycles. The molecule has 0 unspecified atom stereocenters. The number of rotatable bonds is 4. The summed E-state index contributed by atoms with van der Waals surface area (Å²) in [6.07, 6.45) is 1.15. The number of carboxylic acids is 1. The maximum Gasteiger partial charge on any atom is 0.490 e. The van der Waals surface area contributed by atoms with Crippen LogP contribution in [0.1, 0.15) is 25.0 Å². The predicted molar refractivity (Wildman–Crippen MR) is 86.1 cm³/mol. The minimum absolute atomic E-state index is 0.279. The highest BCUT2D eigenvalue weighted by molar-refractivity contribution is 5.78. The number of halogens is 3. The third kappa shape index (κ3) is 4.87. The Bertz CT molecular complexity index is 630. The fourth-order valence-corrected chi connectivity index (χ4v) is 3.41. The van der Waals surface area contributed by atoms with Crippen molar-refractivity contribution in [2.75, 3.05) is 13.1 Å². The number of hydrogen-bond donors (Lipinski definition) is 1. The average molecular weight is 374 g/mol. The van der Waals surface area contributed by atoms with Crippen LogP contribution >= 0.6 is 0 Å². The third-order valence-corrected chi connectivity index (χ3v) is 4.51. The highest BCUT2D eigenvalue weighted by Gasteiger charge is 2.42. The monoisotopic (exact) mass is 374 g/mol. The first-order chi connectivity index (χ1) is 12.2. The molecule has 0 bridgehead atoms. The average Bonchev–Trinajstić information content (AvgIpc) is 3.20. The number of nitrogens with zero attached hydrogens (tertiary/aromatic N) is 2. The Morgan fingerprint density at radius 3 is 2.62 bits per heavy atom. The van der Waals surface area contributed by atoms with Crippen LogP contribution in [0.15, 0.2) is 35.5 Å². The number of hydrogen-bond acceptors (Lipinski definition) is 4. The first kappa shape index (κ1) is 20.0. The molecule has 1 amide bonds. The summed E-state index contributed by atoms with van der Waals surface area (Å²) in [6.45, 7) is 6.33. The molecule has 0 aromatic carbocycles. The van der Waals surface area contributed by atoms with Gasteiger partial charge in [-0.2, -0.15) is 13.2 Å². The summed E-state index contributed by atoms with van der Waals surface area (Å²) in [7, 11) is 0. The van der Waals surface area contributed by atoms with E-state index >= 15 is 0 Å². The first-order valence-electron chi connectivity index (χ1n) is 8.21. The number of fused-ring (bicyclic) bond motifs is 1. The van der Waals surface area contributed by atoms with Gasteiger partial charge in [0.25, 0.3) is 0 Å². The van der Waals surface area contributed by atoms with Crippen molar-refractivity contribution >= 4 is 11.9 Å².